The number of carbonyl (C=O) groups excluding carboxylic acids is 2. The number of amides is 1. The molecule has 0 aliphatic carbocycles. The zero-order chi connectivity index (χ0) is 20.2. The van der Waals surface area contributed by atoms with Gasteiger partial charge in [0.05, 0.1) is 24.2 Å². The second-order valence-corrected chi connectivity index (χ2v) is 9.49. The Bertz CT molecular complexity index is 802. The smallest absolute Gasteiger partial charge is 0.338 e. The van der Waals surface area contributed by atoms with Gasteiger partial charge in [0.2, 0.25) is 0 Å². The highest BCUT2D eigenvalue weighted by atomic mass is 32.2. The molecule has 0 spiro atoms. The average Bonchev–Trinajstić information content (AvgIpc) is 2.97. The van der Waals surface area contributed by atoms with Gasteiger partial charge in [-0.05, 0) is 37.0 Å². The van der Waals surface area contributed by atoms with Crippen LogP contribution in [0.15, 0.2) is 18.2 Å². The van der Waals surface area contributed by atoms with Crippen molar-refractivity contribution in [2.45, 2.75) is 33.2 Å². The van der Waals surface area contributed by atoms with Gasteiger partial charge in [-0.3, -0.25) is 4.79 Å². The van der Waals surface area contributed by atoms with E-state index < -0.39 is 22.4 Å². The van der Waals surface area contributed by atoms with Crippen LogP contribution in [-0.2, 0) is 19.4 Å². The Hall–Kier alpha value is -2.09. The number of carbonyl (C=O) groups is 2. The topological polar surface area (TPSA) is 90.0 Å². The molecule has 0 unspecified atom stereocenters. The first kappa shape index (κ1) is 21.2. The Kier molecular flexibility index (Phi) is 6.86. The van der Waals surface area contributed by atoms with Gasteiger partial charge in [-0.25, -0.2) is 13.2 Å². The molecule has 1 aromatic carbocycles. The fourth-order valence-corrected chi connectivity index (χ4v) is 4.84. The normalized spacial score (nSPS) is 18.3. The first-order chi connectivity index (χ1) is 12.6. The molecule has 0 N–H and O–H groups in total. The lowest BCUT2D eigenvalue weighted by Gasteiger charge is -2.29. The van der Waals surface area contributed by atoms with Crippen molar-refractivity contribution in [3.63, 3.8) is 0 Å². The van der Waals surface area contributed by atoms with Crippen LogP contribution in [0.1, 0.15) is 36.2 Å². The van der Waals surface area contributed by atoms with Crippen LogP contribution in [0.2, 0.25) is 0 Å². The molecule has 1 fully saturated rings. The average molecular weight is 397 g/mol. The molecule has 1 aromatic rings. The van der Waals surface area contributed by atoms with Crippen molar-refractivity contribution in [1.29, 1.82) is 0 Å². The molecular formula is C19H27NO6S. The van der Waals surface area contributed by atoms with Crippen molar-refractivity contribution in [2.75, 3.05) is 31.8 Å². The maximum atomic E-state index is 12.6. The fourth-order valence-electron chi connectivity index (χ4n) is 3.11. The van der Waals surface area contributed by atoms with E-state index in [0.717, 1.165) is 5.56 Å². The van der Waals surface area contributed by atoms with Gasteiger partial charge < -0.3 is 14.4 Å². The van der Waals surface area contributed by atoms with E-state index in [4.69, 9.17) is 9.47 Å². The summed E-state index contributed by atoms with van der Waals surface area (Å²) in [4.78, 5) is 26.4. The van der Waals surface area contributed by atoms with Gasteiger partial charge >= 0.3 is 5.97 Å². The van der Waals surface area contributed by atoms with Crippen LogP contribution < -0.4 is 4.74 Å². The monoisotopic (exact) mass is 397 g/mol. The summed E-state index contributed by atoms with van der Waals surface area (Å²) in [7, 11) is -1.60. The molecule has 0 radical (unpaired) electrons. The van der Waals surface area contributed by atoms with E-state index in [9.17, 15) is 18.0 Å². The van der Waals surface area contributed by atoms with E-state index in [1.54, 1.807) is 18.2 Å². The predicted octanol–water partition coefficient (Wildman–Crippen LogP) is 1.83. The third-order valence-corrected chi connectivity index (χ3v) is 6.25. The van der Waals surface area contributed by atoms with Crippen molar-refractivity contribution < 1.29 is 27.5 Å². The number of ether oxygens (including phenoxy) is 2. The quantitative estimate of drug-likeness (QED) is 0.652. The Balaban J connectivity index is 2.03. The van der Waals surface area contributed by atoms with E-state index in [-0.39, 0.29) is 29.4 Å². The van der Waals surface area contributed by atoms with Crippen LogP contribution in [0.3, 0.4) is 0 Å². The van der Waals surface area contributed by atoms with Crippen molar-refractivity contribution in [2.24, 2.45) is 5.92 Å². The molecule has 27 heavy (non-hydrogen) atoms. The Labute approximate surface area is 160 Å². The van der Waals surface area contributed by atoms with Crippen LogP contribution >= 0.6 is 0 Å². The lowest BCUT2D eigenvalue weighted by molar-refractivity contribution is -0.137. The van der Waals surface area contributed by atoms with Gasteiger partial charge in [-0.15, -0.1) is 0 Å². The second kappa shape index (κ2) is 8.73. The minimum Gasteiger partial charge on any atom is -0.496 e. The second-order valence-electron chi connectivity index (χ2n) is 7.26. The molecule has 2 rings (SSSR count). The molecular weight excluding hydrogens is 370 g/mol. The summed E-state index contributed by atoms with van der Waals surface area (Å²) in [5.74, 6) is -0.206. The third-order valence-electron chi connectivity index (χ3n) is 4.50. The number of esters is 1. The van der Waals surface area contributed by atoms with Crippen LogP contribution in [-0.4, -0.2) is 63.0 Å². The largest absolute Gasteiger partial charge is 0.496 e. The number of hydrogen-bond acceptors (Lipinski definition) is 6. The van der Waals surface area contributed by atoms with Crippen LogP contribution in [0.4, 0.5) is 0 Å². The van der Waals surface area contributed by atoms with Crippen molar-refractivity contribution in [3.8, 4) is 5.75 Å². The Morgan fingerprint density at radius 2 is 2.00 bits per heavy atom. The van der Waals surface area contributed by atoms with E-state index in [0.29, 0.717) is 24.3 Å². The number of benzene rings is 1. The number of methoxy groups -OCH3 is 1. The zero-order valence-corrected chi connectivity index (χ0v) is 17.0. The summed E-state index contributed by atoms with van der Waals surface area (Å²) in [5, 5.41) is 0. The summed E-state index contributed by atoms with van der Waals surface area (Å²) in [6.45, 7) is 5.77. The number of sulfone groups is 1. The van der Waals surface area contributed by atoms with Crippen molar-refractivity contribution in [3.05, 3.63) is 29.3 Å². The summed E-state index contributed by atoms with van der Waals surface area (Å²) in [6.07, 6.45) is 0.421. The molecule has 0 saturated carbocycles. The molecule has 0 bridgehead atoms. The van der Waals surface area contributed by atoms with Crippen molar-refractivity contribution >= 4 is 21.7 Å². The fraction of sp³-hybridized carbons (Fsp3) is 0.579. The maximum absolute atomic E-state index is 12.6. The highest BCUT2D eigenvalue weighted by Crippen LogP contribution is 2.21. The molecule has 1 amide bonds. The summed E-state index contributed by atoms with van der Waals surface area (Å²) in [6, 6.07) is 4.56. The maximum Gasteiger partial charge on any atom is 0.338 e. The highest BCUT2D eigenvalue weighted by Gasteiger charge is 2.35. The minimum atomic E-state index is -3.11. The first-order valence-electron chi connectivity index (χ1n) is 8.94. The lowest BCUT2D eigenvalue weighted by Crippen LogP contribution is -2.45. The van der Waals surface area contributed by atoms with Crippen LogP contribution in [0, 0.1) is 12.8 Å². The standard InChI is InChI=1S/C19H27NO6S/c1-13(2)10-20(16-7-8-27(23,24)12-16)18(21)11-26-19(22)15-6-5-14(3)17(9-15)25-4/h5-6,9,13,16H,7-8,10-12H2,1-4H3/t16-/m1/s1. The molecule has 1 aliphatic heterocycles. The van der Waals surface area contributed by atoms with Gasteiger partial charge in [0.1, 0.15) is 5.75 Å². The lowest BCUT2D eigenvalue weighted by atomic mass is 10.1. The molecule has 8 heteroatoms. The van der Waals surface area contributed by atoms with Crippen molar-refractivity contribution in [1.82, 2.24) is 4.90 Å². The third kappa shape index (κ3) is 5.69. The number of rotatable bonds is 7. The highest BCUT2D eigenvalue weighted by molar-refractivity contribution is 7.91. The van der Waals surface area contributed by atoms with E-state index in [2.05, 4.69) is 0 Å². The molecule has 1 heterocycles. The van der Waals surface area contributed by atoms with Gasteiger partial charge in [-0.1, -0.05) is 19.9 Å². The summed E-state index contributed by atoms with van der Waals surface area (Å²) in [5.41, 5.74) is 1.18. The van der Waals surface area contributed by atoms with E-state index in [1.165, 1.54) is 12.0 Å². The van der Waals surface area contributed by atoms with Crippen LogP contribution in [0.25, 0.3) is 0 Å². The van der Waals surface area contributed by atoms with Crippen LogP contribution in [0.5, 0.6) is 5.75 Å². The first-order valence-corrected chi connectivity index (χ1v) is 10.8. The Morgan fingerprint density at radius 3 is 2.56 bits per heavy atom. The predicted molar refractivity (Wildman–Crippen MR) is 102 cm³/mol. The molecule has 0 aromatic heterocycles. The number of nitrogens with zero attached hydrogens (tertiary/aromatic N) is 1. The minimum absolute atomic E-state index is 0.0332. The molecule has 1 atom stereocenters. The van der Waals surface area contributed by atoms with E-state index >= 15 is 0 Å². The summed E-state index contributed by atoms with van der Waals surface area (Å²) >= 11 is 0. The van der Waals surface area contributed by atoms with Gasteiger partial charge in [0, 0.05) is 12.6 Å². The molecule has 1 saturated heterocycles. The number of hydrogen-bond donors (Lipinski definition) is 0. The molecule has 1 aliphatic rings. The van der Waals surface area contributed by atoms with Gasteiger partial charge in [0.25, 0.3) is 5.91 Å². The molecule has 150 valence electrons. The SMILES string of the molecule is COc1cc(C(=O)OCC(=O)N(CC(C)C)[C@@H]2CCS(=O)(=O)C2)ccc1C. The summed E-state index contributed by atoms with van der Waals surface area (Å²) < 4.78 is 33.9. The number of aryl methyl sites for hydroxylation is 1. The molecule has 7 nitrogen and oxygen atoms in total. The van der Waals surface area contributed by atoms with Gasteiger partial charge in [-0.2, -0.15) is 0 Å². The Morgan fingerprint density at radius 1 is 1.30 bits per heavy atom. The zero-order valence-electron chi connectivity index (χ0n) is 16.2. The van der Waals surface area contributed by atoms with E-state index in [1.807, 2.05) is 20.8 Å². The van der Waals surface area contributed by atoms with Gasteiger partial charge in [0.15, 0.2) is 16.4 Å².